The maximum atomic E-state index is 12.6. The van der Waals surface area contributed by atoms with Crippen LogP contribution in [0.2, 0.25) is 10.0 Å². The summed E-state index contributed by atoms with van der Waals surface area (Å²) in [6, 6.07) is 18.7. The quantitative estimate of drug-likeness (QED) is 0.297. The molecule has 2 aliphatic heterocycles. The zero-order chi connectivity index (χ0) is 26.9. The maximum absolute atomic E-state index is 12.6. The highest BCUT2D eigenvalue weighted by Crippen LogP contribution is 2.39. The Kier molecular flexibility index (Phi) is 7.75. The minimum atomic E-state index is -0.207. The molecule has 3 aromatic carbocycles. The molecule has 0 spiro atoms. The minimum absolute atomic E-state index is 0.132. The van der Waals surface area contributed by atoms with Gasteiger partial charge in [0.15, 0.2) is 0 Å². The summed E-state index contributed by atoms with van der Waals surface area (Å²) in [5.74, 6) is 2.01. The highest BCUT2D eigenvalue weighted by Gasteiger charge is 2.39. The van der Waals surface area contributed by atoms with Gasteiger partial charge in [-0.25, -0.2) is 0 Å². The molecule has 0 amide bonds. The first-order valence-corrected chi connectivity index (χ1v) is 14.5. The van der Waals surface area contributed by atoms with Gasteiger partial charge in [0.2, 0.25) is 0 Å². The number of carbonyl (C=O) groups is 1. The van der Waals surface area contributed by atoms with Crippen molar-refractivity contribution < 1.29 is 19.0 Å². The molecule has 0 N–H and O–H groups in total. The first-order valence-electron chi connectivity index (χ1n) is 13.8. The van der Waals surface area contributed by atoms with Crippen molar-refractivity contribution in [2.75, 3.05) is 13.7 Å². The number of rotatable bonds is 6. The van der Waals surface area contributed by atoms with Crippen LogP contribution >= 0.6 is 23.2 Å². The molecule has 0 bridgehead atoms. The lowest BCUT2D eigenvalue weighted by Crippen LogP contribution is -2.53. The molecule has 0 aromatic heterocycles. The number of fused-ring (bicyclic) bond motifs is 2. The van der Waals surface area contributed by atoms with Crippen LogP contribution in [0.1, 0.15) is 59.4 Å². The van der Waals surface area contributed by atoms with Crippen LogP contribution in [0.15, 0.2) is 54.6 Å². The highest BCUT2D eigenvalue weighted by molar-refractivity contribution is 6.42. The van der Waals surface area contributed by atoms with Crippen molar-refractivity contribution in [1.29, 1.82) is 0 Å². The number of hydrogen-bond donors (Lipinski definition) is 0. The summed E-state index contributed by atoms with van der Waals surface area (Å²) in [6.07, 6.45) is 6.11. The summed E-state index contributed by atoms with van der Waals surface area (Å²) in [7, 11) is 1.49. The van der Waals surface area contributed by atoms with E-state index in [2.05, 4.69) is 29.2 Å². The molecule has 5 nitrogen and oxygen atoms in total. The largest absolute Gasteiger partial charge is 0.493 e. The average molecular weight is 567 g/mol. The number of methoxy groups -OCH3 is 1. The molecule has 39 heavy (non-hydrogen) atoms. The van der Waals surface area contributed by atoms with E-state index in [0.29, 0.717) is 41.6 Å². The lowest BCUT2D eigenvalue weighted by molar-refractivity contribution is -0.149. The molecule has 7 heteroatoms. The Morgan fingerprint density at radius 3 is 2.49 bits per heavy atom. The SMILES string of the molecule is COC(=O)[C@@H]1Cc2cc3c(cc2CN1C1CCC1)C[C@H](c1ccc(OCc2ccc(Cl)c(Cl)c2)cc1)CCO3. The van der Waals surface area contributed by atoms with E-state index in [1.807, 2.05) is 24.3 Å². The third kappa shape index (κ3) is 5.63. The Labute approximate surface area is 240 Å². The van der Waals surface area contributed by atoms with Gasteiger partial charge < -0.3 is 14.2 Å². The third-order valence-corrected chi connectivity index (χ3v) is 9.24. The molecule has 6 rings (SSSR count). The molecular formula is C32H33Cl2NO4. The van der Waals surface area contributed by atoms with E-state index in [4.69, 9.17) is 37.4 Å². The molecule has 1 aliphatic carbocycles. The summed E-state index contributed by atoms with van der Waals surface area (Å²) in [4.78, 5) is 15.0. The Bertz CT molecular complexity index is 1360. The molecule has 0 radical (unpaired) electrons. The molecule has 0 unspecified atom stereocenters. The molecule has 3 aromatic rings. The number of halogens is 2. The van der Waals surface area contributed by atoms with Gasteiger partial charge in [-0.3, -0.25) is 9.69 Å². The van der Waals surface area contributed by atoms with Crippen LogP contribution in [0.3, 0.4) is 0 Å². The zero-order valence-corrected chi connectivity index (χ0v) is 23.6. The second-order valence-electron chi connectivity index (χ2n) is 10.9. The molecule has 1 fully saturated rings. The molecule has 0 saturated heterocycles. The number of hydrogen-bond acceptors (Lipinski definition) is 5. The predicted molar refractivity (Wildman–Crippen MR) is 153 cm³/mol. The van der Waals surface area contributed by atoms with Crippen LogP contribution in [-0.2, 0) is 35.5 Å². The average Bonchev–Trinajstić information content (AvgIpc) is 3.13. The van der Waals surface area contributed by atoms with E-state index in [0.717, 1.165) is 49.3 Å². The van der Waals surface area contributed by atoms with Crippen molar-refractivity contribution in [2.45, 2.75) is 69.7 Å². The molecule has 2 atom stereocenters. The fraction of sp³-hybridized carbons (Fsp3) is 0.406. The lowest BCUT2D eigenvalue weighted by Gasteiger charge is -2.44. The van der Waals surface area contributed by atoms with Gasteiger partial charge in [0.25, 0.3) is 0 Å². The van der Waals surface area contributed by atoms with E-state index in [1.165, 1.54) is 35.8 Å². The van der Waals surface area contributed by atoms with Gasteiger partial charge in [0.05, 0.1) is 23.8 Å². The van der Waals surface area contributed by atoms with Gasteiger partial charge in [0, 0.05) is 12.6 Å². The van der Waals surface area contributed by atoms with Crippen LogP contribution in [0.4, 0.5) is 0 Å². The topological polar surface area (TPSA) is 48.0 Å². The first kappa shape index (κ1) is 26.5. The van der Waals surface area contributed by atoms with Crippen molar-refractivity contribution in [3.63, 3.8) is 0 Å². The number of nitrogens with zero attached hydrogens (tertiary/aromatic N) is 1. The van der Waals surface area contributed by atoms with Gasteiger partial charge >= 0.3 is 5.97 Å². The molecular weight excluding hydrogens is 533 g/mol. The van der Waals surface area contributed by atoms with E-state index in [1.54, 1.807) is 6.07 Å². The number of esters is 1. The van der Waals surface area contributed by atoms with Gasteiger partial charge in [-0.05, 0) is 96.2 Å². The Hall–Kier alpha value is -2.73. The predicted octanol–water partition coefficient (Wildman–Crippen LogP) is 7.13. The van der Waals surface area contributed by atoms with Crippen molar-refractivity contribution >= 4 is 29.2 Å². The van der Waals surface area contributed by atoms with Gasteiger partial charge in [-0.1, -0.05) is 53.9 Å². The van der Waals surface area contributed by atoms with Gasteiger partial charge in [-0.2, -0.15) is 0 Å². The van der Waals surface area contributed by atoms with Crippen molar-refractivity contribution in [3.05, 3.63) is 92.5 Å². The van der Waals surface area contributed by atoms with Crippen LogP contribution in [-0.4, -0.2) is 36.7 Å². The minimum Gasteiger partial charge on any atom is -0.493 e. The highest BCUT2D eigenvalue weighted by atomic mass is 35.5. The van der Waals surface area contributed by atoms with E-state index in [9.17, 15) is 4.79 Å². The molecule has 3 aliphatic rings. The lowest BCUT2D eigenvalue weighted by atomic mass is 9.84. The second-order valence-corrected chi connectivity index (χ2v) is 11.7. The molecule has 2 heterocycles. The van der Waals surface area contributed by atoms with Crippen LogP contribution < -0.4 is 9.47 Å². The van der Waals surface area contributed by atoms with E-state index >= 15 is 0 Å². The van der Waals surface area contributed by atoms with E-state index in [-0.39, 0.29) is 12.0 Å². The standard InChI is InChI=1S/C32H33Cl2NO4/c1-37-32(36)30-16-23-17-31-24(15-25(23)18-35(30)26-3-2-4-26)14-22(11-12-38-31)21-6-8-27(9-7-21)39-19-20-5-10-28(33)29(34)13-20/h5-10,13,15,17,22,26,30H,2-4,11-12,14,16,18-19H2,1H3/t22-,30+/m1/s1. The summed E-state index contributed by atoms with van der Waals surface area (Å²) in [5, 5.41) is 1.07. The Balaban J connectivity index is 1.16. The number of benzene rings is 3. The summed E-state index contributed by atoms with van der Waals surface area (Å²) in [5.41, 5.74) is 6.04. The smallest absolute Gasteiger partial charge is 0.323 e. The van der Waals surface area contributed by atoms with Crippen molar-refractivity contribution in [2.24, 2.45) is 0 Å². The number of carbonyl (C=O) groups excluding carboxylic acids is 1. The zero-order valence-electron chi connectivity index (χ0n) is 22.1. The van der Waals surface area contributed by atoms with Crippen LogP contribution in [0, 0.1) is 0 Å². The van der Waals surface area contributed by atoms with E-state index < -0.39 is 0 Å². The Morgan fingerprint density at radius 1 is 0.949 bits per heavy atom. The van der Waals surface area contributed by atoms with Crippen molar-refractivity contribution in [3.8, 4) is 11.5 Å². The van der Waals surface area contributed by atoms with Gasteiger partial charge in [-0.15, -0.1) is 0 Å². The third-order valence-electron chi connectivity index (χ3n) is 8.50. The van der Waals surface area contributed by atoms with Gasteiger partial charge in [0.1, 0.15) is 24.1 Å². The summed E-state index contributed by atoms with van der Waals surface area (Å²) in [6.45, 7) is 1.89. The first-order chi connectivity index (χ1) is 19.0. The van der Waals surface area contributed by atoms with Crippen LogP contribution in [0.5, 0.6) is 11.5 Å². The normalized spacial score (nSPS) is 21.1. The fourth-order valence-corrected chi connectivity index (χ4v) is 6.35. The van der Waals surface area contributed by atoms with Crippen LogP contribution in [0.25, 0.3) is 0 Å². The Morgan fingerprint density at radius 2 is 1.77 bits per heavy atom. The second kappa shape index (κ2) is 11.4. The van der Waals surface area contributed by atoms with Crippen molar-refractivity contribution in [1.82, 2.24) is 4.90 Å². The summed E-state index contributed by atoms with van der Waals surface area (Å²) >= 11 is 12.1. The monoisotopic (exact) mass is 565 g/mol. The number of ether oxygens (including phenoxy) is 3. The molecule has 204 valence electrons. The summed E-state index contributed by atoms with van der Waals surface area (Å²) < 4.78 is 17.4. The molecule has 1 saturated carbocycles. The maximum Gasteiger partial charge on any atom is 0.323 e. The fourth-order valence-electron chi connectivity index (χ4n) is 6.03.